The highest BCUT2D eigenvalue weighted by molar-refractivity contribution is 9.10. The molecule has 4 nitrogen and oxygen atoms in total. The molecule has 0 aliphatic carbocycles. The molecule has 2 rings (SSSR count). The summed E-state index contributed by atoms with van der Waals surface area (Å²) in [5.74, 6) is -0.319. The van der Waals surface area contributed by atoms with Crippen molar-refractivity contribution in [2.24, 2.45) is 0 Å². The molecule has 0 aliphatic rings. The van der Waals surface area contributed by atoms with Gasteiger partial charge in [-0.2, -0.15) is 0 Å². The molecule has 21 heavy (non-hydrogen) atoms. The van der Waals surface area contributed by atoms with Crippen LogP contribution in [0.1, 0.15) is 27.2 Å². The lowest BCUT2D eigenvalue weighted by Crippen LogP contribution is -2.28. The molecule has 0 bridgehead atoms. The molecule has 0 saturated carbocycles. The highest BCUT2D eigenvalue weighted by Crippen LogP contribution is 2.20. The Bertz CT molecular complexity index is 756. The zero-order chi connectivity index (χ0) is 15.6. The summed E-state index contributed by atoms with van der Waals surface area (Å²) in [5.41, 5.74) is 2.36. The van der Waals surface area contributed by atoms with Crippen molar-refractivity contribution >= 4 is 33.4 Å². The number of rotatable bonds is 3. The molecular formula is C15H14BrClN2O2. The third kappa shape index (κ3) is 3.74. The van der Waals surface area contributed by atoms with E-state index in [4.69, 9.17) is 11.6 Å². The monoisotopic (exact) mass is 368 g/mol. The highest BCUT2D eigenvalue weighted by Gasteiger charge is 2.12. The van der Waals surface area contributed by atoms with Crippen molar-refractivity contribution < 1.29 is 4.79 Å². The normalized spacial score (nSPS) is 10.5. The van der Waals surface area contributed by atoms with E-state index in [9.17, 15) is 9.59 Å². The number of amides is 1. The van der Waals surface area contributed by atoms with Crippen LogP contribution >= 0.6 is 27.5 Å². The number of aromatic amines is 1. The zero-order valence-electron chi connectivity index (χ0n) is 11.6. The quantitative estimate of drug-likeness (QED) is 0.871. The highest BCUT2D eigenvalue weighted by atomic mass is 79.9. The van der Waals surface area contributed by atoms with E-state index in [0.29, 0.717) is 16.1 Å². The topological polar surface area (TPSA) is 62.0 Å². The molecule has 1 aromatic carbocycles. The summed E-state index contributed by atoms with van der Waals surface area (Å²) in [6, 6.07) is 6.91. The second kappa shape index (κ2) is 6.45. The van der Waals surface area contributed by atoms with Gasteiger partial charge in [-0.3, -0.25) is 9.59 Å². The molecule has 0 spiro atoms. The summed E-state index contributed by atoms with van der Waals surface area (Å²) >= 11 is 9.30. The van der Waals surface area contributed by atoms with E-state index >= 15 is 0 Å². The van der Waals surface area contributed by atoms with Crippen molar-refractivity contribution in [2.75, 3.05) is 0 Å². The Balaban J connectivity index is 2.19. The fourth-order valence-electron chi connectivity index (χ4n) is 2.04. The van der Waals surface area contributed by atoms with Crippen LogP contribution in [0.2, 0.25) is 5.02 Å². The number of benzene rings is 1. The third-order valence-electron chi connectivity index (χ3n) is 3.09. The van der Waals surface area contributed by atoms with Gasteiger partial charge in [-0.15, -0.1) is 0 Å². The van der Waals surface area contributed by atoms with Gasteiger partial charge in [-0.25, -0.2) is 0 Å². The first-order valence-electron chi connectivity index (χ1n) is 6.31. The zero-order valence-corrected chi connectivity index (χ0v) is 13.9. The van der Waals surface area contributed by atoms with Crippen molar-refractivity contribution in [1.29, 1.82) is 0 Å². The molecule has 0 fully saturated rings. The van der Waals surface area contributed by atoms with Gasteiger partial charge < -0.3 is 10.3 Å². The fourth-order valence-corrected chi connectivity index (χ4v) is 2.60. The molecule has 2 aromatic rings. The maximum absolute atomic E-state index is 12.2. The smallest absolute Gasteiger partial charge is 0.253 e. The van der Waals surface area contributed by atoms with Crippen molar-refractivity contribution in [1.82, 2.24) is 10.3 Å². The minimum atomic E-state index is -0.319. The molecule has 1 amide bonds. The lowest BCUT2D eigenvalue weighted by atomic mass is 10.1. The number of H-pyrrole nitrogens is 1. The number of halogens is 2. The van der Waals surface area contributed by atoms with Crippen LogP contribution in [0.3, 0.4) is 0 Å². The Labute approximate surface area is 135 Å². The first kappa shape index (κ1) is 15.8. The van der Waals surface area contributed by atoms with Crippen molar-refractivity contribution in [3.63, 3.8) is 0 Å². The third-order valence-corrected chi connectivity index (χ3v) is 3.92. The Hall–Kier alpha value is -1.59. The second-order valence-corrected chi connectivity index (χ2v) is 6.07. The van der Waals surface area contributed by atoms with E-state index in [-0.39, 0.29) is 18.0 Å². The van der Waals surface area contributed by atoms with Gasteiger partial charge in [-0.05, 0) is 43.7 Å². The number of pyridine rings is 1. The standard InChI is InChI=1S/C15H14BrClN2O2/c1-8-5-9(2)19-15(21)12(8)7-18-14(20)11-6-10(16)3-4-13(11)17/h3-6H,7H2,1-2H3,(H,18,20)(H,19,21). The van der Waals surface area contributed by atoms with Crippen LogP contribution in [-0.4, -0.2) is 10.9 Å². The van der Waals surface area contributed by atoms with E-state index in [1.165, 1.54) is 0 Å². The van der Waals surface area contributed by atoms with Gasteiger partial charge in [0.2, 0.25) is 0 Å². The minimum Gasteiger partial charge on any atom is -0.348 e. The van der Waals surface area contributed by atoms with E-state index in [1.54, 1.807) is 18.2 Å². The first-order valence-corrected chi connectivity index (χ1v) is 7.48. The van der Waals surface area contributed by atoms with Gasteiger partial charge in [0.1, 0.15) is 0 Å². The fraction of sp³-hybridized carbons (Fsp3) is 0.200. The average Bonchev–Trinajstić information content (AvgIpc) is 2.40. The SMILES string of the molecule is Cc1cc(C)c(CNC(=O)c2cc(Br)ccc2Cl)c(=O)[nH]1. The van der Waals surface area contributed by atoms with Crippen LogP contribution in [-0.2, 0) is 6.54 Å². The number of hydrogen-bond acceptors (Lipinski definition) is 2. The Morgan fingerprint density at radius 1 is 1.33 bits per heavy atom. The summed E-state index contributed by atoms with van der Waals surface area (Å²) < 4.78 is 0.765. The lowest BCUT2D eigenvalue weighted by molar-refractivity contribution is 0.0951. The molecule has 0 saturated heterocycles. The molecule has 2 N–H and O–H groups in total. The summed E-state index contributed by atoms with van der Waals surface area (Å²) in [6.07, 6.45) is 0. The van der Waals surface area contributed by atoms with Crippen LogP contribution in [0, 0.1) is 13.8 Å². The number of carbonyl (C=O) groups is 1. The summed E-state index contributed by atoms with van der Waals surface area (Å²) in [5, 5.41) is 3.09. The van der Waals surface area contributed by atoms with Gasteiger partial charge in [0, 0.05) is 22.3 Å². The molecule has 1 aromatic heterocycles. The van der Waals surface area contributed by atoms with Crippen LogP contribution in [0.15, 0.2) is 33.5 Å². The number of aromatic nitrogens is 1. The average molecular weight is 370 g/mol. The Morgan fingerprint density at radius 3 is 2.71 bits per heavy atom. The molecule has 1 heterocycles. The van der Waals surface area contributed by atoms with Crippen molar-refractivity contribution in [3.05, 3.63) is 66.5 Å². The van der Waals surface area contributed by atoms with E-state index < -0.39 is 0 Å². The number of carbonyl (C=O) groups excluding carboxylic acids is 1. The lowest BCUT2D eigenvalue weighted by Gasteiger charge is -2.09. The van der Waals surface area contributed by atoms with Gasteiger partial charge in [0.05, 0.1) is 10.6 Å². The predicted molar refractivity (Wildman–Crippen MR) is 86.9 cm³/mol. The second-order valence-electron chi connectivity index (χ2n) is 4.75. The van der Waals surface area contributed by atoms with Gasteiger partial charge >= 0.3 is 0 Å². The van der Waals surface area contributed by atoms with Crippen LogP contribution in [0.4, 0.5) is 0 Å². The molecule has 0 radical (unpaired) electrons. The van der Waals surface area contributed by atoms with Gasteiger partial charge in [0.25, 0.3) is 11.5 Å². The van der Waals surface area contributed by atoms with Crippen molar-refractivity contribution in [3.8, 4) is 0 Å². The Kier molecular flexibility index (Phi) is 4.85. The van der Waals surface area contributed by atoms with Crippen LogP contribution in [0.5, 0.6) is 0 Å². The van der Waals surface area contributed by atoms with E-state index in [2.05, 4.69) is 26.2 Å². The van der Waals surface area contributed by atoms with E-state index in [1.807, 2.05) is 19.9 Å². The summed E-state index contributed by atoms with van der Waals surface area (Å²) in [6.45, 7) is 3.82. The first-order chi connectivity index (χ1) is 9.88. The van der Waals surface area contributed by atoms with Gasteiger partial charge in [0.15, 0.2) is 0 Å². The molecular weight excluding hydrogens is 356 g/mol. The van der Waals surface area contributed by atoms with Crippen LogP contribution in [0.25, 0.3) is 0 Å². The maximum atomic E-state index is 12.2. The minimum absolute atomic E-state index is 0.156. The predicted octanol–water partition coefficient (Wildman–Crippen LogP) is 3.34. The molecule has 0 aliphatic heterocycles. The maximum Gasteiger partial charge on any atom is 0.253 e. The molecule has 0 unspecified atom stereocenters. The van der Waals surface area contributed by atoms with Gasteiger partial charge in [-0.1, -0.05) is 27.5 Å². The van der Waals surface area contributed by atoms with E-state index in [0.717, 1.165) is 15.7 Å². The molecule has 6 heteroatoms. The molecule has 0 atom stereocenters. The Morgan fingerprint density at radius 2 is 2.05 bits per heavy atom. The van der Waals surface area contributed by atoms with Crippen molar-refractivity contribution in [2.45, 2.75) is 20.4 Å². The summed E-state index contributed by atoms with van der Waals surface area (Å²) in [7, 11) is 0. The number of hydrogen-bond donors (Lipinski definition) is 2. The molecule has 110 valence electrons. The number of aryl methyl sites for hydroxylation is 2. The summed E-state index contributed by atoms with van der Waals surface area (Å²) in [4.78, 5) is 26.8. The largest absolute Gasteiger partial charge is 0.348 e. The van der Waals surface area contributed by atoms with Crippen LogP contribution < -0.4 is 10.9 Å². The number of nitrogens with one attached hydrogen (secondary N) is 2.